The zero-order chi connectivity index (χ0) is 18.8. The van der Waals surface area contributed by atoms with Gasteiger partial charge in [-0.05, 0) is 51.8 Å². The summed E-state index contributed by atoms with van der Waals surface area (Å²) in [6.45, 7) is 0.753. The highest BCUT2D eigenvalue weighted by Crippen LogP contribution is 2.33. The van der Waals surface area contributed by atoms with E-state index in [4.69, 9.17) is 0 Å². The molecule has 0 fully saturated rings. The van der Waals surface area contributed by atoms with Crippen LogP contribution in [0.25, 0.3) is 10.2 Å². The molecule has 1 aromatic carbocycles. The van der Waals surface area contributed by atoms with Crippen LogP contribution in [0.1, 0.15) is 21.7 Å². The highest BCUT2D eigenvalue weighted by atomic mass is 79.9. The Balaban J connectivity index is 1.66. The molecule has 0 aliphatic heterocycles. The number of rotatable bonds is 5. The van der Waals surface area contributed by atoms with Crippen LogP contribution in [0.3, 0.4) is 0 Å². The molecule has 0 aliphatic carbocycles. The number of hydrogen-bond acceptors (Lipinski definition) is 3. The Bertz CT molecular complexity index is 1110. The van der Waals surface area contributed by atoms with Gasteiger partial charge in [0.2, 0.25) is 0 Å². The van der Waals surface area contributed by atoms with E-state index < -0.39 is 0 Å². The van der Waals surface area contributed by atoms with Gasteiger partial charge in [0.05, 0.1) is 26.9 Å². The van der Waals surface area contributed by atoms with E-state index in [0.717, 1.165) is 25.9 Å². The Hall–Kier alpha value is -2.51. The van der Waals surface area contributed by atoms with Crippen molar-refractivity contribution in [1.82, 2.24) is 14.9 Å². The molecule has 3 heterocycles. The van der Waals surface area contributed by atoms with Crippen molar-refractivity contribution in [2.24, 2.45) is 0 Å². The maximum atomic E-state index is 13.6. The van der Waals surface area contributed by atoms with Crippen LogP contribution in [0, 0.1) is 5.82 Å². The van der Waals surface area contributed by atoms with E-state index in [1.165, 1.54) is 12.1 Å². The maximum absolute atomic E-state index is 13.6. The van der Waals surface area contributed by atoms with E-state index in [0.29, 0.717) is 18.8 Å². The Labute approximate surface area is 167 Å². The van der Waals surface area contributed by atoms with Gasteiger partial charge in [-0.1, -0.05) is 18.2 Å². The molecular weight excluding hydrogens is 429 g/mol. The van der Waals surface area contributed by atoms with E-state index in [-0.39, 0.29) is 11.7 Å². The van der Waals surface area contributed by atoms with Crippen LogP contribution >= 0.6 is 27.3 Å². The average molecular weight is 444 g/mol. The molecule has 0 unspecified atom stereocenters. The van der Waals surface area contributed by atoms with Crippen molar-refractivity contribution in [2.75, 3.05) is 0 Å². The lowest BCUT2D eigenvalue weighted by atomic mass is 10.2. The average Bonchev–Trinajstić information content (AvgIpc) is 3.21. The van der Waals surface area contributed by atoms with Crippen molar-refractivity contribution in [3.05, 3.63) is 87.3 Å². The van der Waals surface area contributed by atoms with E-state index in [1.54, 1.807) is 23.6 Å². The minimum absolute atomic E-state index is 0.188. The number of nitrogens with zero attached hydrogens (tertiary/aromatic N) is 2. The number of halogens is 2. The summed E-state index contributed by atoms with van der Waals surface area (Å²) in [6.07, 6.45) is 1.70. The van der Waals surface area contributed by atoms with Crippen molar-refractivity contribution in [2.45, 2.75) is 13.1 Å². The van der Waals surface area contributed by atoms with Gasteiger partial charge in [0.15, 0.2) is 0 Å². The first-order valence-corrected chi connectivity index (χ1v) is 9.98. The first-order chi connectivity index (χ1) is 13.1. The third-order valence-corrected chi connectivity index (χ3v) is 6.02. The largest absolute Gasteiger partial charge is 0.345 e. The fourth-order valence-electron chi connectivity index (χ4n) is 2.97. The van der Waals surface area contributed by atoms with Crippen LogP contribution in [0.15, 0.2) is 64.6 Å². The molecule has 4 rings (SSSR count). The molecule has 0 radical (unpaired) electrons. The molecule has 0 spiro atoms. The topological polar surface area (TPSA) is 46.9 Å². The molecule has 27 heavy (non-hydrogen) atoms. The number of amides is 1. The highest BCUT2D eigenvalue weighted by Gasteiger charge is 2.19. The Morgan fingerprint density at radius 2 is 2.11 bits per heavy atom. The predicted octanol–water partition coefficient (Wildman–Crippen LogP) is 4.98. The number of nitrogens with one attached hydrogen (secondary N) is 1. The molecule has 7 heteroatoms. The maximum Gasteiger partial charge on any atom is 0.268 e. The smallest absolute Gasteiger partial charge is 0.268 e. The third kappa shape index (κ3) is 3.79. The van der Waals surface area contributed by atoms with Crippen LogP contribution in [0.4, 0.5) is 4.39 Å². The molecule has 0 aliphatic rings. The number of carbonyl (C=O) groups excluding carboxylic acids is 1. The molecule has 0 atom stereocenters. The van der Waals surface area contributed by atoms with Crippen molar-refractivity contribution in [3.63, 3.8) is 0 Å². The number of benzene rings is 1. The molecule has 0 saturated carbocycles. The Kier molecular flexibility index (Phi) is 5.05. The van der Waals surface area contributed by atoms with Gasteiger partial charge in [-0.2, -0.15) is 0 Å². The summed E-state index contributed by atoms with van der Waals surface area (Å²) in [5, 5.41) is 4.90. The number of aromatic nitrogens is 2. The van der Waals surface area contributed by atoms with Crippen molar-refractivity contribution in [1.29, 1.82) is 0 Å². The summed E-state index contributed by atoms with van der Waals surface area (Å²) in [5.74, 6) is -0.478. The lowest BCUT2D eigenvalue weighted by Gasteiger charge is -2.11. The second kappa shape index (κ2) is 7.62. The standard InChI is InChI=1S/C20H15BrFN3OS/c21-16-12-27-18-9-17(20(26)24-10-15-6-1-2-7-23-15)25(19(16)18)11-13-4-3-5-14(22)8-13/h1-9,12H,10-11H2,(H,24,26). The number of thiophene rings is 1. The van der Waals surface area contributed by atoms with Gasteiger partial charge in [0.25, 0.3) is 5.91 Å². The Morgan fingerprint density at radius 3 is 2.89 bits per heavy atom. The van der Waals surface area contributed by atoms with Crippen LogP contribution in [0.5, 0.6) is 0 Å². The molecule has 4 aromatic rings. The summed E-state index contributed by atoms with van der Waals surface area (Å²) >= 11 is 5.12. The van der Waals surface area contributed by atoms with Crippen LogP contribution < -0.4 is 5.32 Å². The molecule has 136 valence electrons. The first kappa shape index (κ1) is 17.9. The van der Waals surface area contributed by atoms with Gasteiger partial charge in [-0.15, -0.1) is 11.3 Å². The van der Waals surface area contributed by atoms with Gasteiger partial charge >= 0.3 is 0 Å². The molecule has 4 nitrogen and oxygen atoms in total. The van der Waals surface area contributed by atoms with Gasteiger partial charge in [0.1, 0.15) is 11.5 Å². The monoisotopic (exact) mass is 443 g/mol. The van der Waals surface area contributed by atoms with Crippen LogP contribution in [0.2, 0.25) is 0 Å². The Morgan fingerprint density at radius 1 is 1.22 bits per heavy atom. The molecule has 1 N–H and O–H groups in total. The molecule has 1 amide bonds. The normalized spacial score (nSPS) is 11.0. The van der Waals surface area contributed by atoms with Gasteiger partial charge in [-0.25, -0.2) is 4.39 Å². The summed E-state index contributed by atoms with van der Waals surface area (Å²) in [7, 11) is 0. The van der Waals surface area contributed by atoms with E-state index in [9.17, 15) is 9.18 Å². The van der Waals surface area contributed by atoms with E-state index in [2.05, 4.69) is 26.2 Å². The summed E-state index contributed by atoms with van der Waals surface area (Å²) in [6, 6.07) is 13.9. The fraction of sp³-hybridized carbons (Fsp3) is 0.100. The van der Waals surface area contributed by atoms with E-state index >= 15 is 0 Å². The minimum atomic E-state index is -0.290. The van der Waals surface area contributed by atoms with Crippen LogP contribution in [-0.4, -0.2) is 15.5 Å². The molecule has 3 aromatic heterocycles. The summed E-state index contributed by atoms with van der Waals surface area (Å²) in [5.41, 5.74) is 3.06. The number of carbonyl (C=O) groups is 1. The van der Waals surface area contributed by atoms with Gasteiger partial charge < -0.3 is 9.88 Å². The molecule has 0 saturated heterocycles. The number of pyridine rings is 1. The second-order valence-electron chi connectivity index (χ2n) is 6.05. The zero-order valence-electron chi connectivity index (χ0n) is 14.2. The van der Waals surface area contributed by atoms with Crippen molar-refractivity contribution >= 4 is 43.4 Å². The first-order valence-electron chi connectivity index (χ1n) is 8.30. The third-order valence-electron chi connectivity index (χ3n) is 4.20. The van der Waals surface area contributed by atoms with Gasteiger partial charge in [0, 0.05) is 18.1 Å². The second-order valence-corrected chi connectivity index (χ2v) is 7.81. The fourth-order valence-corrected chi connectivity index (χ4v) is 4.66. The van der Waals surface area contributed by atoms with E-state index in [1.807, 2.05) is 40.3 Å². The highest BCUT2D eigenvalue weighted by molar-refractivity contribution is 9.10. The van der Waals surface area contributed by atoms with Crippen LogP contribution in [-0.2, 0) is 13.1 Å². The minimum Gasteiger partial charge on any atom is -0.345 e. The summed E-state index contributed by atoms with van der Waals surface area (Å²) in [4.78, 5) is 17.1. The van der Waals surface area contributed by atoms with Gasteiger partial charge in [-0.3, -0.25) is 9.78 Å². The molecule has 0 bridgehead atoms. The number of hydrogen-bond donors (Lipinski definition) is 1. The zero-order valence-corrected chi connectivity index (χ0v) is 16.6. The predicted molar refractivity (Wildman–Crippen MR) is 108 cm³/mol. The summed E-state index contributed by atoms with van der Waals surface area (Å²) < 4.78 is 17.4. The molecular formula is C20H15BrFN3OS. The SMILES string of the molecule is O=C(NCc1ccccn1)c1cc2scc(Br)c2n1Cc1cccc(F)c1. The lowest BCUT2D eigenvalue weighted by Crippen LogP contribution is -2.26. The lowest BCUT2D eigenvalue weighted by molar-refractivity contribution is 0.0942. The quantitative estimate of drug-likeness (QED) is 0.472. The van der Waals surface area contributed by atoms with Crippen molar-refractivity contribution < 1.29 is 9.18 Å². The number of fused-ring (bicyclic) bond motifs is 1. The van der Waals surface area contributed by atoms with Crippen molar-refractivity contribution in [3.8, 4) is 0 Å².